The first-order valence-corrected chi connectivity index (χ1v) is 12.1. The molecule has 0 radical (unpaired) electrons. The van der Waals surface area contributed by atoms with E-state index in [4.69, 9.17) is 0 Å². The second-order valence-corrected chi connectivity index (χ2v) is 9.83. The van der Waals surface area contributed by atoms with Crippen LogP contribution in [-0.4, -0.2) is 20.9 Å². The Kier molecular flexibility index (Phi) is 6.53. The summed E-state index contributed by atoms with van der Waals surface area (Å²) in [4.78, 5) is 12.7. The number of hydrogen-bond donors (Lipinski definition) is 3. The van der Waals surface area contributed by atoms with Gasteiger partial charge in [0, 0.05) is 12.5 Å². The van der Waals surface area contributed by atoms with Gasteiger partial charge in [-0.2, -0.15) is 0 Å². The van der Waals surface area contributed by atoms with E-state index in [-0.39, 0.29) is 22.6 Å². The van der Waals surface area contributed by atoms with Crippen LogP contribution in [0.2, 0.25) is 0 Å². The zero-order valence-corrected chi connectivity index (χ0v) is 18.1. The van der Waals surface area contributed by atoms with Crippen molar-refractivity contribution in [2.24, 2.45) is 11.8 Å². The highest BCUT2D eigenvalue weighted by Crippen LogP contribution is 2.29. The minimum Gasteiger partial charge on any atom is -0.299 e. The molecule has 0 spiro atoms. The van der Waals surface area contributed by atoms with Crippen LogP contribution in [-0.2, 0) is 14.8 Å². The Morgan fingerprint density at radius 2 is 1.52 bits per heavy atom. The summed E-state index contributed by atoms with van der Waals surface area (Å²) in [7, 11) is -3.56. The summed E-state index contributed by atoms with van der Waals surface area (Å²) in [6, 6.07) is 22.4. The number of sulfonamides is 1. The van der Waals surface area contributed by atoms with Crippen LogP contribution < -0.4 is 15.6 Å². The lowest BCUT2D eigenvalue weighted by molar-refractivity contribution is -0.125. The van der Waals surface area contributed by atoms with E-state index in [0.717, 1.165) is 42.1 Å². The fourth-order valence-electron chi connectivity index (χ4n) is 4.03. The molecule has 1 saturated carbocycles. The summed E-state index contributed by atoms with van der Waals surface area (Å²) in [5, 5.41) is 1.92. The lowest BCUT2D eigenvalue weighted by Crippen LogP contribution is -2.38. The molecular weight excluding hydrogens is 410 g/mol. The summed E-state index contributed by atoms with van der Waals surface area (Å²) >= 11 is 0. The normalized spacial score (nSPS) is 19.1. The topological polar surface area (TPSA) is 87.3 Å². The van der Waals surface area contributed by atoms with Gasteiger partial charge < -0.3 is 0 Å². The third kappa shape index (κ3) is 5.42. The second kappa shape index (κ2) is 9.49. The van der Waals surface area contributed by atoms with Gasteiger partial charge in [0.2, 0.25) is 15.9 Å². The van der Waals surface area contributed by atoms with Crippen LogP contribution in [0, 0.1) is 11.8 Å². The number of amides is 1. The highest BCUT2D eigenvalue weighted by molar-refractivity contribution is 7.89. The van der Waals surface area contributed by atoms with Crippen LogP contribution in [0.5, 0.6) is 0 Å². The van der Waals surface area contributed by atoms with Crippen molar-refractivity contribution in [2.75, 3.05) is 12.0 Å². The van der Waals surface area contributed by atoms with E-state index >= 15 is 0 Å². The molecule has 1 fully saturated rings. The monoisotopic (exact) mass is 437 g/mol. The summed E-state index contributed by atoms with van der Waals surface area (Å²) in [6.45, 7) is 0.395. The number of rotatable bonds is 7. The number of carbonyl (C=O) groups is 1. The number of anilines is 1. The van der Waals surface area contributed by atoms with Crippen molar-refractivity contribution in [3.63, 3.8) is 0 Å². The van der Waals surface area contributed by atoms with E-state index in [1.165, 1.54) is 0 Å². The third-order valence-electron chi connectivity index (χ3n) is 5.91. The molecule has 1 aliphatic carbocycles. The molecule has 4 rings (SSSR count). The van der Waals surface area contributed by atoms with E-state index in [0.29, 0.717) is 6.54 Å². The number of benzene rings is 3. The molecule has 0 heterocycles. The molecule has 3 aromatic rings. The average molecular weight is 438 g/mol. The first-order chi connectivity index (χ1) is 15.0. The molecule has 0 aliphatic heterocycles. The Hall–Kier alpha value is -2.90. The molecule has 1 amide bonds. The standard InChI is InChI=1S/C24H27N3O3S/c28-24(27-26-22-8-2-1-3-9-22)20-12-10-18(11-13-20)17-25-31(29,30)23-15-14-19-6-4-5-7-21(19)16-23/h1-9,14-16,18,20,25-26H,10-13,17H2,(H,27,28). The fourth-order valence-corrected chi connectivity index (χ4v) is 5.18. The zero-order valence-electron chi connectivity index (χ0n) is 17.3. The highest BCUT2D eigenvalue weighted by Gasteiger charge is 2.27. The maximum absolute atomic E-state index is 12.7. The molecule has 0 atom stereocenters. The third-order valence-corrected chi connectivity index (χ3v) is 7.34. The van der Waals surface area contributed by atoms with E-state index in [1.807, 2.05) is 60.7 Å². The number of para-hydroxylation sites is 1. The number of carbonyl (C=O) groups excluding carboxylic acids is 1. The van der Waals surface area contributed by atoms with E-state index < -0.39 is 10.0 Å². The molecule has 162 valence electrons. The molecule has 31 heavy (non-hydrogen) atoms. The SMILES string of the molecule is O=C(NNc1ccccc1)C1CCC(CNS(=O)(=O)c2ccc3ccccc3c2)CC1. The van der Waals surface area contributed by atoms with Gasteiger partial charge in [-0.1, -0.05) is 48.5 Å². The molecule has 0 bridgehead atoms. The Bertz CT molecular complexity index is 1140. The van der Waals surface area contributed by atoms with Gasteiger partial charge >= 0.3 is 0 Å². The molecule has 7 heteroatoms. The van der Waals surface area contributed by atoms with Gasteiger partial charge in [-0.15, -0.1) is 0 Å². The minimum atomic E-state index is -3.56. The van der Waals surface area contributed by atoms with E-state index in [1.54, 1.807) is 12.1 Å². The summed E-state index contributed by atoms with van der Waals surface area (Å²) in [6.07, 6.45) is 3.16. The predicted molar refractivity (Wildman–Crippen MR) is 123 cm³/mol. The van der Waals surface area contributed by atoms with Crippen molar-refractivity contribution in [1.82, 2.24) is 10.1 Å². The molecule has 1 aliphatic rings. The molecule has 3 N–H and O–H groups in total. The molecule has 0 unspecified atom stereocenters. The molecule has 0 aromatic heterocycles. The smallest absolute Gasteiger partial charge is 0.241 e. The van der Waals surface area contributed by atoms with Gasteiger partial charge in [-0.3, -0.25) is 15.6 Å². The van der Waals surface area contributed by atoms with Crippen LogP contribution >= 0.6 is 0 Å². The Labute approximate surface area is 183 Å². The van der Waals surface area contributed by atoms with Gasteiger partial charge in [0.05, 0.1) is 10.6 Å². The van der Waals surface area contributed by atoms with Crippen molar-refractivity contribution >= 4 is 32.4 Å². The molecule has 0 saturated heterocycles. The maximum Gasteiger partial charge on any atom is 0.241 e. The van der Waals surface area contributed by atoms with Gasteiger partial charge in [0.25, 0.3) is 0 Å². The Morgan fingerprint density at radius 3 is 2.26 bits per heavy atom. The van der Waals surface area contributed by atoms with Gasteiger partial charge in [-0.25, -0.2) is 13.1 Å². The summed E-state index contributed by atoms with van der Waals surface area (Å²) < 4.78 is 28.2. The van der Waals surface area contributed by atoms with Gasteiger partial charge in [0.1, 0.15) is 0 Å². The van der Waals surface area contributed by atoms with E-state index in [9.17, 15) is 13.2 Å². The van der Waals surface area contributed by atoms with Crippen molar-refractivity contribution in [3.05, 3.63) is 72.8 Å². The van der Waals surface area contributed by atoms with Crippen molar-refractivity contribution in [2.45, 2.75) is 30.6 Å². The molecular formula is C24H27N3O3S. The Morgan fingerprint density at radius 1 is 0.839 bits per heavy atom. The first-order valence-electron chi connectivity index (χ1n) is 10.6. The Balaban J connectivity index is 1.26. The van der Waals surface area contributed by atoms with Crippen molar-refractivity contribution in [3.8, 4) is 0 Å². The fraction of sp³-hybridized carbons (Fsp3) is 0.292. The average Bonchev–Trinajstić information content (AvgIpc) is 2.82. The minimum absolute atomic E-state index is 0.0148. The lowest BCUT2D eigenvalue weighted by atomic mass is 9.82. The number of nitrogens with one attached hydrogen (secondary N) is 3. The zero-order chi connectivity index (χ0) is 21.7. The van der Waals surface area contributed by atoms with Gasteiger partial charge in [0.15, 0.2) is 0 Å². The first kappa shape index (κ1) is 21.3. The van der Waals surface area contributed by atoms with Crippen LogP contribution in [0.15, 0.2) is 77.7 Å². The van der Waals surface area contributed by atoms with Crippen LogP contribution in [0.4, 0.5) is 5.69 Å². The quantitative estimate of drug-likeness (QED) is 0.486. The summed E-state index contributed by atoms with van der Waals surface area (Å²) in [5.41, 5.74) is 6.55. The van der Waals surface area contributed by atoms with Gasteiger partial charge in [-0.05, 0) is 66.6 Å². The molecule has 6 nitrogen and oxygen atoms in total. The van der Waals surface area contributed by atoms with Crippen molar-refractivity contribution < 1.29 is 13.2 Å². The van der Waals surface area contributed by atoms with Crippen LogP contribution in [0.25, 0.3) is 10.8 Å². The van der Waals surface area contributed by atoms with E-state index in [2.05, 4.69) is 15.6 Å². The maximum atomic E-state index is 12.7. The highest BCUT2D eigenvalue weighted by atomic mass is 32.2. The second-order valence-electron chi connectivity index (χ2n) is 8.06. The van der Waals surface area contributed by atoms with Crippen LogP contribution in [0.3, 0.4) is 0 Å². The number of fused-ring (bicyclic) bond motifs is 1. The largest absolute Gasteiger partial charge is 0.299 e. The molecule has 3 aromatic carbocycles. The number of hydrazine groups is 1. The lowest BCUT2D eigenvalue weighted by Gasteiger charge is -2.28. The van der Waals surface area contributed by atoms with Crippen LogP contribution in [0.1, 0.15) is 25.7 Å². The summed E-state index contributed by atoms with van der Waals surface area (Å²) in [5.74, 6) is 0.171. The predicted octanol–water partition coefficient (Wildman–Crippen LogP) is 4.07. The van der Waals surface area contributed by atoms with Crippen molar-refractivity contribution in [1.29, 1.82) is 0 Å². The number of hydrogen-bond acceptors (Lipinski definition) is 4.